The molecule has 0 radical (unpaired) electrons. The minimum atomic E-state index is 0.176. The Bertz CT molecular complexity index is 595. The van der Waals surface area contributed by atoms with E-state index in [4.69, 9.17) is 9.47 Å². The summed E-state index contributed by atoms with van der Waals surface area (Å²) in [5, 5.41) is 9.18. The first-order valence-corrected chi connectivity index (χ1v) is 8.43. The number of benzene rings is 2. The monoisotopic (exact) mass is 329 g/mol. The molecule has 0 saturated carbocycles. The van der Waals surface area contributed by atoms with E-state index in [0.717, 1.165) is 42.1 Å². The highest BCUT2D eigenvalue weighted by molar-refractivity contribution is 5.43. The van der Waals surface area contributed by atoms with Gasteiger partial charge >= 0.3 is 0 Å². The number of aliphatic hydroxyl groups is 1. The van der Waals surface area contributed by atoms with Gasteiger partial charge in [0.25, 0.3) is 0 Å². The molecule has 0 unspecified atom stereocenters. The molecule has 0 bridgehead atoms. The van der Waals surface area contributed by atoms with Gasteiger partial charge in [0, 0.05) is 13.1 Å². The van der Waals surface area contributed by atoms with E-state index in [1.165, 1.54) is 0 Å². The van der Waals surface area contributed by atoms with Crippen LogP contribution in [0.15, 0.2) is 48.5 Å². The average molecular weight is 329 g/mol. The molecule has 0 aliphatic carbocycles. The van der Waals surface area contributed by atoms with Crippen LogP contribution in [0, 0.1) is 0 Å². The molecule has 0 atom stereocenters. The lowest BCUT2D eigenvalue weighted by Crippen LogP contribution is -2.27. The fourth-order valence-electron chi connectivity index (χ4n) is 2.65. The molecule has 0 spiro atoms. The summed E-state index contributed by atoms with van der Waals surface area (Å²) in [6.07, 6.45) is 1.06. The Balaban J connectivity index is 2.03. The van der Waals surface area contributed by atoms with Crippen molar-refractivity contribution in [2.75, 3.05) is 26.8 Å². The van der Waals surface area contributed by atoms with Crippen molar-refractivity contribution in [2.45, 2.75) is 26.5 Å². The maximum absolute atomic E-state index is 9.18. The van der Waals surface area contributed by atoms with Crippen LogP contribution in [-0.4, -0.2) is 36.8 Å². The van der Waals surface area contributed by atoms with Crippen LogP contribution in [-0.2, 0) is 13.2 Å². The summed E-state index contributed by atoms with van der Waals surface area (Å²) in [4.78, 5) is 2.24. The van der Waals surface area contributed by atoms with Gasteiger partial charge in [-0.05, 0) is 36.2 Å². The molecule has 4 heteroatoms. The summed E-state index contributed by atoms with van der Waals surface area (Å²) < 4.78 is 11.4. The Hall–Kier alpha value is -2.04. The molecule has 0 aromatic heterocycles. The lowest BCUT2D eigenvalue weighted by atomic mass is 10.1. The Morgan fingerprint density at radius 3 is 2.42 bits per heavy atom. The Labute approximate surface area is 144 Å². The quantitative estimate of drug-likeness (QED) is 0.725. The Kier molecular flexibility index (Phi) is 7.59. The largest absolute Gasteiger partial charge is 0.493 e. The van der Waals surface area contributed by atoms with Gasteiger partial charge in [-0.15, -0.1) is 0 Å². The zero-order chi connectivity index (χ0) is 17.2. The molecule has 0 saturated heterocycles. The number of rotatable bonds is 10. The predicted molar refractivity (Wildman–Crippen MR) is 96.4 cm³/mol. The molecule has 0 aliphatic heterocycles. The van der Waals surface area contributed by atoms with Crippen LogP contribution in [0.3, 0.4) is 0 Å². The van der Waals surface area contributed by atoms with Gasteiger partial charge in [0.2, 0.25) is 0 Å². The average Bonchev–Trinajstić information content (AvgIpc) is 2.62. The van der Waals surface area contributed by atoms with Crippen LogP contribution in [0.1, 0.15) is 24.5 Å². The summed E-state index contributed by atoms with van der Waals surface area (Å²) in [6, 6.07) is 16.1. The zero-order valence-corrected chi connectivity index (χ0v) is 14.6. The fourth-order valence-corrected chi connectivity index (χ4v) is 2.65. The third-order valence-corrected chi connectivity index (χ3v) is 3.83. The SMILES string of the molecule is CCCN(CCO)Cc1ccc(OCc2ccccc2)c(OC)c1. The van der Waals surface area contributed by atoms with Gasteiger partial charge in [-0.3, -0.25) is 4.90 Å². The fraction of sp³-hybridized carbons (Fsp3) is 0.400. The predicted octanol–water partition coefficient (Wildman–Crippen LogP) is 3.48. The van der Waals surface area contributed by atoms with Crippen molar-refractivity contribution < 1.29 is 14.6 Å². The summed E-state index contributed by atoms with van der Waals surface area (Å²) >= 11 is 0. The van der Waals surface area contributed by atoms with Gasteiger partial charge in [0.15, 0.2) is 11.5 Å². The third kappa shape index (κ3) is 5.55. The standard InChI is InChI=1S/C20H27NO3/c1-3-11-21(12-13-22)15-18-9-10-19(20(14-18)23-2)24-16-17-7-5-4-6-8-17/h4-10,14,22H,3,11-13,15-16H2,1-2H3. The van der Waals surface area contributed by atoms with Crippen molar-refractivity contribution in [3.8, 4) is 11.5 Å². The second kappa shape index (κ2) is 9.96. The summed E-state index contributed by atoms with van der Waals surface area (Å²) in [5.41, 5.74) is 2.28. The van der Waals surface area contributed by atoms with E-state index in [-0.39, 0.29) is 6.61 Å². The Morgan fingerprint density at radius 1 is 0.958 bits per heavy atom. The summed E-state index contributed by atoms with van der Waals surface area (Å²) in [5.74, 6) is 1.48. The number of nitrogens with zero attached hydrogens (tertiary/aromatic N) is 1. The molecule has 2 aromatic carbocycles. The van der Waals surface area contributed by atoms with Crippen molar-refractivity contribution in [2.24, 2.45) is 0 Å². The van der Waals surface area contributed by atoms with Gasteiger partial charge in [0.05, 0.1) is 13.7 Å². The maximum Gasteiger partial charge on any atom is 0.161 e. The van der Waals surface area contributed by atoms with Crippen molar-refractivity contribution >= 4 is 0 Å². The van der Waals surface area contributed by atoms with E-state index in [1.807, 2.05) is 42.5 Å². The first kappa shape index (κ1) is 18.3. The molecule has 0 heterocycles. The molecule has 2 rings (SSSR count). The lowest BCUT2D eigenvalue weighted by molar-refractivity contribution is 0.190. The molecule has 2 aromatic rings. The highest BCUT2D eigenvalue weighted by atomic mass is 16.5. The van der Waals surface area contributed by atoms with Crippen LogP contribution in [0.2, 0.25) is 0 Å². The molecule has 0 amide bonds. The minimum absolute atomic E-state index is 0.176. The molecular formula is C20H27NO3. The van der Waals surface area contributed by atoms with Crippen molar-refractivity contribution in [1.82, 2.24) is 4.90 Å². The van der Waals surface area contributed by atoms with E-state index in [2.05, 4.69) is 17.9 Å². The van der Waals surface area contributed by atoms with Crippen molar-refractivity contribution in [3.05, 3.63) is 59.7 Å². The van der Waals surface area contributed by atoms with Crippen LogP contribution in [0.4, 0.5) is 0 Å². The van der Waals surface area contributed by atoms with Gasteiger partial charge in [-0.25, -0.2) is 0 Å². The topological polar surface area (TPSA) is 41.9 Å². The summed E-state index contributed by atoms with van der Waals surface area (Å²) in [6.45, 7) is 5.28. The second-order valence-corrected chi connectivity index (χ2v) is 5.76. The second-order valence-electron chi connectivity index (χ2n) is 5.76. The van der Waals surface area contributed by atoms with Gasteiger partial charge in [-0.2, -0.15) is 0 Å². The van der Waals surface area contributed by atoms with E-state index >= 15 is 0 Å². The van der Waals surface area contributed by atoms with E-state index in [9.17, 15) is 5.11 Å². The maximum atomic E-state index is 9.18. The van der Waals surface area contributed by atoms with Gasteiger partial charge in [-0.1, -0.05) is 43.3 Å². The normalized spacial score (nSPS) is 10.8. The number of aliphatic hydroxyl groups excluding tert-OH is 1. The molecule has 130 valence electrons. The van der Waals surface area contributed by atoms with E-state index < -0.39 is 0 Å². The molecule has 0 aliphatic rings. The highest BCUT2D eigenvalue weighted by Gasteiger charge is 2.09. The molecule has 24 heavy (non-hydrogen) atoms. The molecular weight excluding hydrogens is 302 g/mol. The van der Waals surface area contributed by atoms with E-state index in [1.54, 1.807) is 7.11 Å². The number of hydrogen-bond acceptors (Lipinski definition) is 4. The van der Waals surface area contributed by atoms with Crippen LogP contribution in [0.5, 0.6) is 11.5 Å². The number of ether oxygens (including phenoxy) is 2. The number of methoxy groups -OCH3 is 1. The van der Waals surface area contributed by atoms with Crippen molar-refractivity contribution in [1.29, 1.82) is 0 Å². The first-order valence-electron chi connectivity index (χ1n) is 8.43. The molecule has 1 N–H and O–H groups in total. The van der Waals surface area contributed by atoms with Gasteiger partial charge < -0.3 is 14.6 Å². The number of hydrogen-bond donors (Lipinski definition) is 1. The summed E-state index contributed by atoms with van der Waals surface area (Å²) in [7, 11) is 1.66. The molecule has 4 nitrogen and oxygen atoms in total. The zero-order valence-electron chi connectivity index (χ0n) is 14.6. The lowest BCUT2D eigenvalue weighted by Gasteiger charge is -2.21. The van der Waals surface area contributed by atoms with Crippen molar-refractivity contribution in [3.63, 3.8) is 0 Å². The smallest absolute Gasteiger partial charge is 0.161 e. The van der Waals surface area contributed by atoms with Crippen LogP contribution >= 0.6 is 0 Å². The Morgan fingerprint density at radius 2 is 1.75 bits per heavy atom. The minimum Gasteiger partial charge on any atom is -0.493 e. The van der Waals surface area contributed by atoms with Gasteiger partial charge in [0.1, 0.15) is 6.61 Å². The highest BCUT2D eigenvalue weighted by Crippen LogP contribution is 2.29. The first-order chi connectivity index (χ1) is 11.8. The van der Waals surface area contributed by atoms with E-state index in [0.29, 0.717) is 13.2 Å². The molecule has 0 fully saturated rings. The van der Waals surface area contributed by atoms with Crippen LogP contribution in [0.25, 0.3) is 0 Å². The van der Waals surface area contributed by atoms with Crippen LogP contribution < -0.4 is 9.47 Å². The third-order valence-electron chi connectivity index (χ3n) is 3.83.